The van der Waals surface area contributed by atoms with Crippen molar-refractivity contribution in [1.82, 2.24) is 14.5 Å². The number of nitrogens with one attached hydrogen (secondary N) is 1. The van der Waals surface area contributed by atoms with E-state index in [9.17, 15) is 13.2 Å². The Kier molecular flexibility index (Phi) is 7.83. The molecule has 2 aromatic rings. The third-order valence-electron chi connectivity index (χ3n) is 4.97. The number of hydrogen-bond donors (Lipinski definition) is 1. The number of rotatable bonds is 10. The summed E-state index contributed by atoms with van der Waals surface area (Å²) in [5.74, 6) is -0.0670. The van der Waals surface area contributed by atoms with Gasteiger partial charge >= 0.3 is 0 Å². The van der Waals surface area contributed by atoms with Crippen LogP contribution >= 0.6 is 11.3 Å². The van der Waals surface area contributed by atoms with E-state index in [1.54, 1.807) is 12.1 Å². The second kappa shape index (κ2) is 10.3. The maximum Gasteiger partial charge on any atom is 0.252 e. The molecule has 1 saturated heterocycles. The smallest absolute Gasteiger partial charge is 0.252 e. The van der Waals surface area contributed by atoms with Gasteiger partial charge in [0.25, 0.3) is 10.0 Å². The predicted octanol–water partition coefficient (Wildman–Crippen LogP) is 2.71. The number of hydrogen-bond acceptors (Lipinski definition) is 5. The number of nitrogens with zero attached hydrogens (tertiary/aromatic N) is 2. The lowest BCUT2D eigenvalue weighted by Gasteiger charge is -2.16. The summed E-state index contributed by atoms with van der Waals surface area (Å²) in [6.45, 7) is 3.58. The van der Waals surface area contributed by atoms with Gasteiger partial charge in [0.05, 0.1) is 6.42 Å². The molecular formula is C21H29N3O3S2. The van der Waals surface area contributed by atoms with Crippen LogP contribution in [0.3, 0.4) is 0 Å². The van der Waals surface area contributed by atoms with E-state index in [4.69, 9.17) is 0 Å². The van der Waals surface area contributed by atoms with E-state index in [1.807, 2.05) is 18.2 Å². The molecular weight excluding hydrogens is 406 g/mol. The summed E-state index contributed by atoms with van der Waals surface area (Å²) in [5, 5.41) is 2.93. The molecule has 1 aliphatic heterocycles. The van der Waals surface area contributed by atoms with E-state index in [-0.39, 0.29) is 12.3 Å². The fraction of sp³-hybridized carbons (Fsp3) is 0.476. The summed E-state index contributed by atoms with van der Waals surface area (Å²) >= 11 is 1.20. The molecule has 2 heterocycles. The predicted molar refractivity (Wildman–Crippen MR) is 116 cm³/mol. The van der Waals surface area contributed by atoms with Gasteiger partial charge in [-0.2, -0.15) is 4.31 Å². The summed E-state index contributed by atoms with van der Waals surface area (Å²) in [7, 11) is -1.32. The summed E-state index contributed by atoms with van der Waals surface area (Å²) in [5.41, 5.74) is 1.27. The minimum absolute atomic E-state index is 0.0670. The highest BCUT2D eigenvalue weighted by atomic mass is 32.2. The molecule has 3 rings (SSSR count). The molecule has 0 atom stereocenters. The van der Waals surface area contributed by atoms with E-state index in [0.29, 0.717) is 23.8 Å². The second-order valence-corrected chi connectivity index (χ2v) is 10.8. The summed E-state index contributed by atoms with van der Waals surface area (Å²) in [4.78, 5) is 15.2. The first-order valence-electron chi connectivity index (χ1n) is 10.0. The Morgan fingerprint density at radius 2 is 1.86 bits per heavy atom. The standard InChI is InChI=1S/C21H29N3O3S2/c1-23(17-18-8-3-2-4-9-18)13-7-12-22-20(25)16-19-10-11-21(28-19)29(26,27)24-14-5-6-15-24/h2-4,8-11H,5-7,12-17H2,1H3,(H,22,25). The highest BCUT2D eigenvalue weighted by Gasteiger charge is 2.28. The first-order valence-corrected chi connectivity index (χ1v) is 12.3. The SMILES string of the molecule is CN(CCCNC(=O)Cc1ccc(S(=O)(=O)N2CCCC2)s1)Cc1ccccc1. The summed E-state index contributed by atoms with van der Waals surface area (Å²) in [6.07, 6.45) is 2.93. The number of benzene rings is 1. The third-order valence-corrected chi connectivity index (χ3v) is 8.42. The van der Waals surface area contributed by atoms with E-state index in [0.717, 1.165) is 37.2 Å². The normalized spacial score (nSPS) is 15.1. The number of amides is 1. The zero-order valence-corrected chi connectivity index (χ0v) is 18.5. The van der Waals surface area contributed by atoms with Crippen molar-refractivity contribution in [2.75, 3.05) is 33.2 Å². The van der Waals surface area contributed by atoms with Gasteiger partial charge in [-0.1, -0.05) is 30.3 Å². The van der Waals surface area contributed by atoms with Crippen LogP contribution in [-0.2, 0) is 27.8 Å². The highest BCUT2D eigenvalue weighted by molar-refractivity contribution is 7.91. The topological polar surface area (TPSA) is 69.7 Å². The van der Waals surface area contributed by atoms with Crippen LogP contribution < -0.4 is 5.32 Å². The Labute approximate surface area is 177 Å². The van der Waals surface area contributed by atoms with E-state index < -0.39 is 10.0 Å². The second-order valence-electron chi connectivity index (χ2n) is 7.44. The van der Waals surface area contributed by atoms with Crippen molar-refractivity contribution in [2.45, 2.75) is 36.4 Å². The van der Waals surface area contributed by atoms with Gasteiger partial charge in [0, 0.05) is 31.1 Å². The lowest BCUT2D eigenvalue weighted by molar-refractivity contribution is -0.120. The largest absolute Gasteiger partial charge is 0.356 e. The molecule has 1 amide bonds. The van der Waals surface area contributed by atoms with Crippen molar-refractivity contribution in [3.05, 3.63) is 52.9 Å². The van der Waals surface area contributed by atoms with Gasteiger partial charge < -0.3 is 10.2 Å². The van der Waals surface area contributed by atoms with Crippen molar-refractivity contribution < 1.29 is 13.2 Å². The molecule has 0 bridgehead atoms. The molecule has 8 heteroatoms. The third kappa shape index (κ3) is 6.37. The Morgan fingerprint density at radius 1 is 1.14 bits per heavy atom. The molecule has 1 aromatic carbocycles. The van der Waals surface area contributed by atoms with Crippen LogP contribution in [0.25, 0.3) is 0 Å². The highest BCUT2D eigenvalue weighted by Crippen LogP contribution is 2.27. The minimum Gasteiger partial charge on any atom is -0.356 e. The molecule has 6 nitrogen and oxygen atoms in total. The molecule has 1 aliphatic rings. The molecule has 0 radical (unpaired) electrons. The Balaban J connectivity index is 1.38. The maximum atomic E-state index is 12.6. The van der Waals surface area contributed by atoms with Crippen molar-refractivity contribution in [3.63, 3.8) is 0 Å². The average Bonchev–Trinajstić information content (AvgIpc) is 3.39. The Bertz CT molecular complexity index is 891. The quantitative estimate of drug-likeness (QED) is 0.583. The monoisotopic (exact) mass is 435 g/mol. The van der Waals surface area contributed by atoms with Crippen LogP contribution in [0.15, 0.2) is 46.7 Å². The number of carbonyl (C=O) groups is 1. The molecule has 29 heavy (non-hydrogen) atoms. The average molecular weight is 436 g/mol. The maximum absolute atomic E-state index is 12.6. The fourth-order valence-corrected chi connectivity index (χ4v) is 6.45. The van der Waals surface area contributed by atoms with Gasteiger partial charge in [-0.3, -0.25) is 4.79 Å². The van der Waals surface area contributed by atoms with Crippen LogP contribution in [0.5, 0.6) is 0 Å². The van der Waals surface area contributed by atoms with E-state index in [2.05, 4.69) is 29.4 Å². The number of carbonyl (C=O) groups excluding carboxylic acids is 1. The molecule has 0 unspecified atom stereocenters. The first kappa shape index (κ1) is 22.0. The van der Waals surface area contributed by atoms with Gasteiger partial charge in [0.2, 0.25) is 5.91 Å². The molecule has 1 fully saturated rings. The van der Waals surface area contributed by atoms with E-state index >= 15 is 0 Å². The minimum atomic E-state index is -3.40. The molecule has 0 spiro atoms. The Hall–Kier alpha value is -1.74. The van der Waals surface area contributed by atoms with Crippen LogP contribution in [0, 0.1) is 0 Å². The van der Waals surface area contributed by atoms with Gasteiger partial charge in [-0.25, -0.2) is 8.42 Å². The zero-order chi connectivity index (χ0) is 20.7. The van der Waals surface area contributed by atoms with E-state index in [1.165, 1.54) is 21.2 Å². The van der Waals surface area contributed by atoms with Crippen LogP contribution in [0.2, 0.25) is 0 Å². The zero-order valence-electron chi connectivity index (χ0n) is 16.8. The molecule has 1 N–H and O–H groups in total. The van der Waals surface area contributed by atoms with Gasteiger partial charge in [-0.05, 0) is 50.6 Å². The lowest BCUT2D eigenvalue weighted by Crippen LogP contribution is -2.29. The van der Waals surface area contributed by atoms with Gasteiger partial charge in [0.1, 0.15) is 4.21 Å². The van der Waals surface area contributed by atoms with Crippen molar-refractivity contribution >= 4 is 27.3 Å². The number of sulfonamides is 1. The fourth-order valence-electron chi connectivity index (χ4n) is 3.42. The Morgan fingerprint density at radius 3 is 2.59 bits per heavy atom. The molecule has 0 saturated carbocycles. The van der Waals surface area contributed by atoms with Crippen molar-refractivity contribution in [1.29, 1.82) is 0 Å². The van der Waals surface area contributed by atoms with Gasteiger partial charge in [-0.15, -0.1) is 11.3 Å². The molecule has 1 aromatic heterocycles. The first-order chi connectivity index (χ1) is 13.9. The lowest BCUT2D eigenvalue weighted by atomic mass is 10.2. The van der Waals surface area contributed by atoms with Crippen LogP contribution in [-0.4, -0.2) is 56.8 Å². The van der Waals surface area contributed by atoms with Crippen LogP contribution in [0.1, 0.15) is 29.7 Å². The van der Waals surface area contributed by atoms with Crippen molar-refractivity contribution in [2.24, 2.45) is 0 Å². The summed E-state index contributed by atoms with van der Waals surface area (Å²) < 4.78 is 27.0. The summed E-state index contributed by atoms with van der Waals surface area (Å²) in [6, 6.07) is 13.7. The van der Waals surface area contributed by atoms with Crippen molar-refractivity contribution in [3.8, 4) is 0 Å². The molecule has 0 aliphatic carbocycles. The number of thiophene rings is 1. The molecule has 158 valence electrons. The van der Waals surface area contributed by atoms with Gasteiger partial charge in [0.15, 0.2) is 0 Å². The van der Waals surface area contributed by atoms with Crippen LogP contribution in [0.4, 0.5) is 0 Å².